The summed E-state index contributed by atoms with van der Waals surface area (Å²) in [7, 11) is 1.65. The van der Waals surface area contributed by atoms with E-state index < -0.39 is 0 Å². The van der Waals surface area contributed by atoms with E-state index in [1.807, 2.05) is 31.2 Å². The van der Waals surface area contributed by atoms with Gasteiger partial charge in [0.05, 0.1) is 13.2 Å². The third-order valence-electron chi connectivity index (χ3n) is 3.45. The van der Waals surface area contributed by atoms with Crippen molar-refractivity contribution in [2.45, 2.75) is 32.2 Å². The highest BCUT2D eigenvalue weighted by Crippen LogP contribution is 2.27. The summed E-state index contributed by atoms with van der Waals surface area (Å²) in [5.74, 6) is 1.28. The number of hydrogen-bond donors (Lipinski definition) is 1. The van der Waals surface area contributed by atoms with E-state index in [1.165, 1.54) is 6.42 Å². The molecule has 0 spiro atoms. The van der Waals surface area contributed by atoms with Crippen molar-refractivity contribution >= 4 is 5.91 Å². The van der Waals surface area contributed by atoms with Crippen LogP contribution in [0.4, 0.5) is 0 Å². The van der Waals surface area contributed by atoms with Gasteiger partial charge in [-0.05, 0) is 37.5 Å². The number of ether oxygens (including phenoxy) is 1. The standard InChI is InChI=1S/C14H19NO2/c1-10(15-14(16)12-4-3-5-12)11-6-8-13(17-2)9-7-11/h6-10,12H,3-5H2,1-2H3,(H,15,16)/t10-/m0/s1. The van der Waals surface area contributed by atoms with Crippen LogP contribution in [0.25, 0.3) is 0 Å². The molecule has 0 aliphatic heterocycles. The maximum atomic E-state index is 11.8. The Balaban J connectivity index is 1.93. The molecule has 0 saturated heterocycles. The van der Waals surface area contributed by atoms with Gasteiger partial charge < -0.3 is 10.1 Å². The summed E-state index contributed by atoms with van der Waals surface area (Å²) in [6, 6.07) is 7.88. The molecule has 1 amide bonds. The fourth-order valence-electron chi connectivity index (χ4n) is 1.98. The van der Waals surface area contributed by atoms with Gasteiger partial charge in [0.2, 0.25) is 5.91 Å². The Hall–Kier alpha value is -1.51. The molecule has 1 saturated carbocycles. The van der Waals surface area contributed by atoms with Crippen LogP contribution in [0.5, 0.6) is 5.75 Å². The van der Waals surface area contributed by atoms with Crippen LogP contribution in [-0.4, -0.2) is 13.0 Å². The molecule has 0 aromatic heterocycles. The van der Waals surface area contributed by atoms with Crippen molar-refractivity contribution in [2.75, 3.05) is 7.11 Å². The minimum absolute atomic E-state index is 0.0639. The van der Waals surface area contributed by atoms with Gasteiger partial charge in [0.25, 0.3) is 0 Å². The van der Waals surface area contributed by atoms with E-state index in [4.69, 9.17) is 4.74 Å². The maximum absolute atomic E-state index is 11.8. The van der Waals surface area contributed by atoms with Gasteiger partial charge in [0.15, 0.2) is 0 Å². The fraction of sp³-hybridized carbons (Fsp3) is 0.500. The molecule has 1 aliphatic rings. The molecule has 0 unspecified atom stereocenters. The van der Waals surface area contributed by atoms with E-state index in [2.05, 4.69) is 5.32 Å². The summed E-state index contributed by atoms with van der Waals surface area (Å²) in [6.45, 7) is 2.01. The third-order valence-corrected chi connectivity index (χ3v) is 3.45. The van der Waals surface area contributed by atoms with Crippen LogP contribution in [-0.2, 0) is 4.79 Å². The van der Waals surface area contributed by atoms with Crippen LogP contribution in [0.1, 0.15) is 37.8 Å². The highest BCUT2D eigenvalue weighted by molar-refractivity contribution is 5.79. The van der Waals surface area contributed by atoms with Crippen molar-refractivity contribution in [1.29, 1.82) is 0 Å². The molecule has 1 aliphatic carbocycles. The molecule has 1 N–H and O–H groups in total. The normalized spacial score (nSPS) is 17.1. The number of methoxy groups -OCH3 is 1. The fourth-order valence-corrected chi connectivity index (χ4v) is 1.98. The highest BCUT2D eigenvalue weighted by atomic mass is 16.5. The summed E-state index contributed by atoms with van der Waals surface area (Å²) in [4.78, 5) is 11.8. The maximum Gasteiger partial charge on any atom is 0.223 e. The number of hydrogen-bond acceptors (Lipinski definition) is 2. The summed E-state index contributed by atoms with van der Waals surface area (Å²) in [5, 5.41) is 3.06. The average Bonchev–Trinajstić information content (AvgIpc) is 2.26. The Bertz CT molecular complexity index is 382. The minimum Gasteiger partial charge on any atom is -0.497 e. The smallest absolute Gasteiger partial charge is 0.223 e. The number of benzene rings is 1. The first kappa shape index (κ1) is 12.0. The monoisotopic (exact) mass is 233 g/mol. The Morgan fingerprint density at radius 2 is 2.00 bits per heavy atom. The molecule has 17 heavy (non-hydrogen) atoms. The van der Waals surface area contributed by atoms with Gasteiger partial charge in [0.1, 0.15) is 5.75 Å². The second-order valence-electron chi connectivity index (χ2n) is 4.63. The first-order valence-electron chi connectivity index (χ1n) is 6.15. The Morgan fingerprint density at radius 3 is 2.47 bits per heavy atom. The van der Waals surface area contributed by atoms with Crippen molar-refractivity contribution in [3.63, 3.8) is 0 Å². The van der Waals surface area contributed by atoms with Crippen LogP contribution < -0.4 is 10.1 Å². The number of carbonyl (C=O) groups excluding carboxylic acids is 1. The summed E-state index contributed by atoms with van der Waals surface area (Å²) >= 11 is 0. The molecule has 1 atom stereocenters. The molecule has 92 valence electrons. The van der Waals surface area contributed by atoms with Gasteiger partial charge in [-0.1, -0.05) is 18.6 Å². The first-order valence-corrected chi connectivity index (χ1v) is 6.15. The van der Waals surface area contributed by atoms with Crippen molar-refractivity contribution in [3.05, 3.63) is 29.8 Å². The van der Waals surface area contributed by atoms with Crippen LogP contribution >= 0.6 is 0 Å². The first-order chi connectivity index (χ1) is 8.20. The number of amides is 1. The molecule has 0 radical (unpaired) electrons. The molecule has 1 fully saturated rings. The summed E-state index contributed by atoms with van der Waals surface area (Å²) in [6.07, 6.45) is 3.28. The molecule has 2 rings (SSSR count). The quantitative estimate of drug-likeness (QED) is 0.868. The highest BCUT2D eigenvalue weighted by Gasteiger charge is 2.26. The summed E-state index contributed by atoms with van der Waals surface area (Å²) in [5.41, 5.74) is 1.11. The zero-order chi connectivity index (χ0) is 12.3. The van der Waals surface area contributed by atoms with Crippen LogP contribution in [0, 0.1) is 5.92 Å². The second-order valence-corrected chi connectivity index (χ2v) is 4.63. The van der Waals surface area contributed by atoms with Gasteiger partial charge in [0, 0.05) is 5.92 Å². The Kier molecular flexibility index (Phi) is 3.67. The number of nitrogens with one attached hydrogen (secondary N) is 1. The third kappa shape index (κ3) is 2.78. The van der Waals surface area contributed by atoms with Crippen LogP contribution in [0.15, 0.2) is 24.3 Å². The zero-order valence-corrected chi connectivity index (χ0v) is 10.4. The molecular formula is C14H19NO2. The van der Waals surface area contributed by atoms with Crippen molar-refractivity contribution in [1.82, 2.24) is 5.32 Å². The Labute approximate surface area is 102 Å². The molecule has 1 aromatic rings. The van der Waals surface area contributed by atoms with Gasteiger partial charge >= 0.3 is 0 Å². The summed E-state index contributed by atoms with van der Waals surface area (Å²) < 4.78 is 5.11. The number of rotatable bonds is 4. The predicted octanol–water partition coefficient (Wildman–Crippen LogP) is 2.67. The number of carbonyl (C=O) groups is 1. The Morgan fingerprint density at radius 1 is 1.35 bits per heavy atom. The van der Waals surface area contributed by atoms with E-state index in [-0.39, 0.29) is 17.9 Å². The molecule has 3 nitrogen and oxygen atoms in total. The van der Waals surface area contributed by atoms with E-state index >= 15 is 0 Å². The second kappa shape index (κ2) is 5.21. The molecule has 0 bridgehead atoms. The van der Waals surface area contributed by atoms with Gasteiger partial charge in [-0.25, -0.2) is 0 Å². The minimum atomic E-state index is 0.0639. The molecule has 3 heteroatoms. The zero-order valence-electron chi connectivity index (χ0n) is 10.4. The van der Waals surface area contributed by atoms with Gasteiger partial charge in [-0.15, -0.1) is 0 Å². The van der Waals surface area contributed by atoms with Crippen LogP contribution in [0.3, 0.4) is 0 Å². The van der Waals surface area contributed by atoms with E-state index in [9.17, 15) is 4.79 Å². The predicted molar refractivity (Wildman–Crippen MR) is 66.9 cm³/mol. The lowest BCUT2D eigenvalue weighted by atomic mass is 9.84. The van der Waals surface area contributed by atoms with Crippen molar-refractivity contribution in [2.24, 2.45) is 5.92 Å². The molecular weight excluding hydrogens is 214 g/mol. The van der Waals surface area contributed by atoms with Gasteiger partial charge in [-0.3, -0.25) is 4.79 Å². The lowest BCUT2D eigenvalue weighted by Gasteiger charge is -2.26. The molecule has 1 aromatic carbocycles. The topological polar surface area (TPSA) is 38.3 Å². The largest absolute Gasteiger partial charge is 0.497 e. The molecule has 0 heterocycles. The lowest BCUT2D eigenvalue weighted by Crippen LogP contribution is -2.35. The van der Waals surface area contributed by atoms with Crippen molar-refractivity contribution < 1.29 is 9.53 Å². The van der Waals surface area contributed by atoms with E-state index in [1.54, 1.807) is 7.11 Å². The van der Waals surface area contributed by atoms with Gasteiger partial charge in [-0.2, -0.15) is 0 Å². The van der Waals surface area contributed by atoms with Crippen LogP contribution in [0.2, 0.25) is 0 Å². The van der Waals surface area contributed by atoms with Crippen molar-refractivity contribution in [3.8, 4) is 5.75 Å². The van der Waals surface area contributed by atoms with E-state index in [0.29, 0.717) is 0 Å². The van der Waals surface area contributed by atoms with E-state index in [0.717, 1.165) is 24.2 Å². The SMILES string of the molecule is COc1ccc([C@H](C)NC(=O)C2CCC2)cc1. The lowest BCUT2D eigenvalue weighted by molar-refractivity contribution is -0.128. The average molecular weight is 233 g/mol.